The first-order valence-corrected chi connectivity index (χ1v) is 11.4. The molecule has 2 saturated carbocycles. The van der Waals surface area contributed by atoms with Gasteiger partial charge in [0.25, 0.3) is 11.6 Å². The lowest BCUT2D eigenvalue weighted by Crippen LogP contribution is -2.40. The number of nitrogens with zero attached hydrogens (tertiary/aromatic N) is 2. The molecule has 1 aromatic carbocycles. The summed E-state index contributed by atoms with van der Waals surface area (Å²) in [6.07, 6.45) is 6.77. The van der Waals surface area contributed by atoms with Crippen LogP contribution in [0.3, 0.4) is 0 Å². The van der Waals surface area contributed by atoms with E-state index in [2.05, 4.69) is 22.4 Å². The first-order chi connectivity index (χ1) is 15.7. The normalized spacial score (nSPS) is 23.0. The first-order valence-electron chi connectivity index (χ1n) is 11.4. The molecule has 0 saturated heterocycles. The van der Waals surface area contributed by atoms with E-state index < -0.39 is 0 Å². The van der Waals surface area contributed by atoms with Gasteiger partial charge in [0.2, 0.25) is 0 Å². The van der Waals surface area contributed by atoms with Crippen molar-refractivity contribution in [3.63, 3.8) is 0 Å². The number of carbonyl (C=O) groups is 1. The van der Waals surface area contributed by atoms with E-state index in [-0.39, 0.29) is 11.9 Å². The molecule has 6 nitrogen and oxygen atoms in total. The van der Waals surface area contributed by atoms with Gasteiger partial charge in [0.05, 0.1) is 17.2 Å². The van der Waals surface area contributed by atoms with Gasteiger partial charge in [-0.3, -0.25) is 4.79 Å². The summed E-state index contributed by atoms with van der Waals surface area (Å²) >= 11 is 0. The van der Waals surface area contributed by atoms with E-state index in [1.807, 2.05) is 36.4 Å². The van der Waals surface area contributed by atoms with Crippen molar-refractivity contribution in [3.8, 4) is 22.7 Å². The Labute approximate surface area is 186 Å². The highest BCUT2D eigenvalue weighted by Crippen LogP contribution is 2.49. The van der Waals surface area contributed by atoms with Crippen molar-refractivity contribution in [1.29, 1.82) is 0 Å². The van der Waals surface area contributed by atoms with E-state index in [9.17, 15) is 4.79 Å². The highest BCUT2D eigenvalue weighted by atomic mass is 16.5. The van der Waals surface area contributed by atoms with Crippen LogP contribution in [0.15, 0.2) is 63.7 Å². The number of nitrogens with one attached hydrogen (secondary N) is 1. The third-order valence-electron chi connectivity index (χ3n) is 7.31. The van der Waals surface area contributed by atoms with Crippen LogP contribution in [0.5, 0.6) is 0 Å². The van der Waals surface area contributed by atoms with Crippen molar-refractivity contribution < 1.29 is 13.7 Å². The summed E-state index contributed by atoms with van der Waals surface area (Å²) in [6, 6.07) is 15.3. The molecule has 6 heteroatoms. The number of benzene rings is 1. The standard InChI is InChI=1S/C26H25N3O3/c1-15(19-13-16-9-10-18(19)12-16)27-25(30)20-14-21(22-8-5-11-31-22)28-26-23(20)24(29-32-26)17-6-3-2-4-7-17/h2-8,11,14-16,18-19H,9-10,12-13H2,1H3,(H,27,30)/t15-,16-,18-,19-/m0/s1. The summed E-state index contributed by atoms with van der Waals surface area (Å²) in [7, 11) is 0. The Morgan fingerprint density at radius 1 is 1.12 bits per heavy atom. The molecule has 1 amide bonds. The minimum absolute atomic E-state index is 0.119. The van der Waals surface area contributed by atoms with Crippen molar-refractivity contribution in [3.05, 3.63) is 60.4 Å². The van der Waals surface area contributed by atoms with E-state index in [4.69, 9.17) is 8.94 Å². The zero-order chi connectivity index (χ0) is 21.7. The van der Waals surface area contributed by atoms with Gasteiger partial charge in [-0.05, 0) is 62.1 Å². The molecule has 1 N–H and O–H groups in total. The molecule has 0 aliphatic heterocycles. The van der Waals surface area contributed by atoms with Gasteiger partial charge in [0.15, 0.2) is 5.76 Å². The number of hydrogen-bond donors (Lipinski definition) is 1. The molecule has 32 heavy (non-hydrogen) atoms. The van der Waals surface area contributed by atoms with E-state index in [0.29, 0.717) is 39.7 Å². The molecule has 2 bridgehead atoms. The summed E-state index contributed by atoms with van der Waals surface area (Å²) in [5, 5.41) is 8.19. The topological polar surface area (TPSA) is 81.2 Å². The van der Waals surface area contributed by atoms with E-state index in [1.54, 1.807) is 18.4 Å². The summed E-state index contributed by atoms with van der Waals surface area (Å²) < 4.78 is 11.1. The van der Waals surface area contributed by atoms with Crippen LogP contribution in [0.1, 0.15) is 43.0 Å². The monoisotopic (exact) mass is 427 g/mol. The largest absolute Gasteiger partial charge is 0.463 e. The zero-order valence-corrected chi connectivity index (χ0v) is 18.0. The predicted octanol–water partition coefficient (Wildman–Crippen LogP) is 5.70. The maximum Gasteiger partial charge on any atom is 0.259 e. The number of rotatable bonds is 5. The van der Waals surface area contributed by atoms with Gasteiger partial charge in [-0.2, -0.15) is 0 Å². The SMILES string of the molecule is C[C@H](NC(=O)c1cc(-c2ccco2)nc2onc(-c3ccccc3)c12)[C@@H]1C[C@H]2CC[C@H]1C2. The second kappa shape index (κ2) is 7.62. The summed E-state index contributed by atoms with van der Waals surface area (Å²) in [6.45, 7) is 2.14. The maximum atomic E-state index is 13.6. The molecule has 3 heterocycles. The van der Waals surface area contributed by atoms with Gasteiger partial charge in [0, 0.05) is 11.6 Å². The number of fused-ring (bicyclic) bond motifs is 3. The van der Waals surface area contributed by atoms with Crippen molar-refractivity contribution in [2.45, 2.75) is 38.6 Å². The van der Waals surface area contributed by atoms with Gasteiger partial charge >= 0.3 is 0 Å². The Balaban J connectivity index is 1.41. The van der Waals surface area contributed by atoms with Gasteiger partial charge in [-0.15, -0.1) is 0 Å². The van der Waals surface area contributed by atoms with Gasteiger partial charge < -0.3 is 14.3 Å². The fourth-order valence-corrected chi connectivity index (χ4v) is 5.77. The number of carbonyl (C=O) groups excluding carboxylic acids is 1. The quantitative estimate of drug-likeness (QED) is 0.442. The second-order valence-corrected chi connectivity index (χ2v) is 9.21. The lowest BCUT2D eigenvalue weighted by atomic mass is 9.84. The average molecular weight is 428 g/mol. The smallest absolute Gasteiger partial charge is 0.259 e. The second-order valence-electron chi connectivity index (χ2n) is 9.21. The fraction of sp³-hybridized carbons (Fsp3) is 0.346. The lowest BCUT2D eigenvalue weighted by Gasteiger charge is -2.28. The number of pyridine rings is 1. The Bertz CT molecular complexity index is 1260. The molecule has 4 atom stereocenters. The Morgan fingerprint density at radius 3 is 2.72 bits per heavy atom. The van der Waals surface area contributed by atoms with Crippen molar-refractivity contribution in [2.75, 3.05) is 0 Å². The van der Waals surface area contributed by atoms with Crippen LogP contribution in [0.4, 0.5) is 0 Å². The molecule has 6 rings (SSSR count). The van der Waals surface area contributed by atoms with Crippen molar-refractivity contribution in [2.24, 2.45) is 17.8 Å². The van der Waals surface area contributed by atoms with Crippen molar-refractivity contribution >= 4 is 17.0 Å². The minimum Gasteiger partial charge on any atom is -0.463 e. The molecule has 3 aromatic heterocycles. The molecule has 2 aliphatic rings. The van der Waals surface area contributed by atoms with Crippen molar-refractivity contribution in [1.82, 2.24) is 15.5 Å². The molecule has 0 unspecified atom stereocenters. The summed E-state index contributed by atoms with van der Waals surface area (Å²) in [4.78, 5) is 18.2. The fourth-order valence-electron chi connectivity index (χ4n) is 5.77. The molecular weight excluding hydrogens is 402 g/mol. The van der Waals surface area contributed by atoms with Gasteiger partial charge in [0.1, 0.15) is 11.4 Å². The average Bonchev–Trinajstić information content (AvgIpc) is 3.62. The number of hydrogen-bond acceptors (Lipinski definition) is 5. The van der Waals surface area contributed by atoms with Crippen LogP contribution in [-0.2, 0) is 0 Å². The molecule has 2 fully saturated rings. The molecule has 0 radical (unpaired) electrons. The predicted molar refractivity (Wildman–Crippen MR) is 121 cm³/mol. The van der Waals surface area contributed by atoms with E-state index in [0.717, 1.165) is 17.4 Å². The maximum absolute atomic E-state index is 13.6. The van der Waals surface area contributed by atoms with Crippen LogP contribution in [0.2, 0.25) is 0 Å². The summed E-state index contributed by atoms with van der Waals surface area (Å²) in [5.41, 5.74) is 2.90. The Kier molecular flexibility index (Phi) is 4.59. The first kappa shape index (κ1) is 19.3. The van der Waals surface area contributed by atoms with Gasteiger partial charge in [-0.25, -0.2) is 4.98 Å². The van der Waals surface area contributed by atoms with Crippen LogP contribution in [0.25, 0.3) is 33.8 Å². The third-order valence-corrected chi connectivity index (χ3v) is 7.31. The molecule has 2 aliphatic carbocycles. The lowest BCUT2D eigenvalue weighted by molar-refractivity contribution is 0.0917. The van der Waals surface area contributed by atoms with Crippen LogP contribution < -0.4 is 5.32 Å². The molecule has 0 spiro atoms. The van der Waals surface area contributed by atoms with Crippen LogP contribution >= 0.6 is 0 Å². The highest BCUT2D eigenvalue weighted by Gasteiger charge is 2.42. The Morgan fingerprint density at radius 2 is 2.00 bits per heavy atom. The van der Waals surface area contributed by atoms with Crippen LogP contribution in [0, 0.1) is 17.8 Å². The Hall–Kier alpha value is -3.41. The highest BCUT2D eigenvalue weighted by molar-refractivity contribution is 6.10. The number of aromatic nitrogens is 2. The molecule has 162 valence electrons. The van der Waals surface area contributed by atoms with E-state index >= 15 is 0 Å². The third kappa shape index (κ3) is 3.22. The molecular formula is C26H25N3O3. The summed E-state index contributed by atoms with van der Waals surface area (Å²) in [5.74, 6) is 2.59. The number of amides is 1. The van der Waals surface area contributed by atoms with Crippen LogP contribution in [-0.4, -0.2) is 22.1 Å². The van der Waals surface area contributed by atoms with E-state index in [1.165, 1.54) is 25.7 Å². The number of furan rings is 1. The molecule has 4 aromatic rings. The van der Waals surface area contributed by atoms with Gasteiger partial charge in [-0.1, -0.05) is 41.9 Å². The zero-order valence-electron chi connectivity index (χ0n) is 18.0. The minimum atomic E-state index is -0.124.